The zero-order chi connectivity index (χ0) is 13.8. The summed E-state index contributed by atoms with van der Waals surface area (Å²) in [4.78, 5) is 2.18. The fourth-order valence-corrected chi connectivity index (χ4v) is 2.56. The summed E-state index contributed by atoms with van der Waals surface area (Å²) in [5.41, 5.74) is 6.74. The standard InChI is InChI=1S/C14H21FN2O2/c1-10-9-19-13(8-18)7-17(10)14(6-16)11-3-2-4-12(15)5-11/h2-5,10,13-14,18H,6-9,16H2,1H3. The maximum absolute atomic E-state index is 13.3. The number of nitrogens with zero attached hydrogens (tertiary/aromatic N) is 1. The highest BCUT2D eigenvalue weighted by molar-refractivity contribution is 5.21. The summed E-state index contributed by atoms with van der Waals surface area (Å²) >= 11 is 0. The highest BCUT2D eigenvalue weighted by atomic mass is 19.1. The Morgan fingerprint density at radius 2 is 2.37 bits per heavy atom. The van der Waals surface area contributed by atoms with Crippen LogP contribution < -0.4 is 5.73 Å². The zero-order valence-corrected chi connectivity index (χ0v) is 11.1. The Bertz CT molecular complexity index is 416. The van der Waals surface area contributed by atoms with Gasteiger partial charge in [0.05, 0.1) is 19.3 Å². The molecule has 0 aromatic heterocycles. The van der Waals surface area contributed by atoms with Crippen molar-refractivity contribution in [1.29, 1.82) is 0 Å². The third kappa shape index (κ3) is 3.30. The monoisotopic (exact) mass is 268 g/mol. The van der Waals surface area contributed by atoms with Gasteiger partial charge in [-0.05, 0) is 24.6 Å². The van der Waals surface area contributed by atoms with E-state index >= 15 is 0 Å². The van der Waals surface area contributed by atoms with Crippen LogP contribution in [0.1, 0.15) is 18.5 Å². The summed E-state index contributed by atoms with van der Waals surface area (Å²) in [6.45, 7) is 3.61. The second-order valence-corrected chi connectivity index (χ2v) is 4.99. The van der Waals surface area contributed by atoms with Crippen molar-refractivity contribution < 1.29 is 14.2 Å². The Kier molecular flexibility index (Phi) is 4.87. The zero-order valence-electron chi connectivity index (χ0n) is 11.1. The van der Waals surface area contributed by atoms with Crippen molar-refractivity contribution in [2.45, 2.75) is 25.1 Å². The molecule has 4 nitrogen and oxygen atoms in total. The molecule has 1 aromatic rings. The Balaban J connectivity index is 2.20. The number of aliphatic hydroxyl groups excluding tert-OH is 1. The number of halogens is 1. The predicted molar refractivity (Wildman–Crippen MR) is 71.2 cm³/mol. The molecule has 1 aliphatic rings. The number of ether oxygens (including phenoxy) is 1. The molecule has 5 heteroatoms. The molecule has 0 amide bonds. The molecule has 0 aliphatic carbocycles. The number of aliphatic hydroxyl groups is 1. The van der Waals surface area contributed by atoms with Gasteiger partial charge < -0.3 is 15.6 Å². The first-order chi connectivity index (χ1) is 9.15. The van der Waals surface area contributed by atoms with Crippen LogP contribution in [0.3, 0.4) is 0 Å². The molecule has 1 saturated heterocycles. The van der Waals surface area contributed by atoms with Crippen molar-refractivity contribution in [3.63, 3.8) is 0 Å². The van der Waals surface area contributed by atoms with Gasteiger partial charge in [0.15, 0.2) is 0 Å². The fourth-order valence-electron chi connectivity index (χ4n) is 2.56. The van der Waals surface area contributed by atoms with Crippen molar-refractivity contribution in [3.8, 4) is 0 Å². The Labute approximate surface area is 113 Å². The molecule has 106 valence electrons. The van der Waals surface area contributed by atoms with Gasteiger partial charge in [-0.15, -0.1) is 0 Å². The molecule has 0 spiro atoms. The molecular weight excluding hydrogens is 247 g/mol. The molecule has 0 saturated carbocycles. The van der Waals surface area contributed by atoms with Crippen LogP contribution in [-0.2, 0) is 4.74 Å². The van der Waals surface area contributed by atoms with Gasteiger partial charge in [-0.1, -0.05) is 12.1 Å². The van der Waals surface area contributed by atoms with Crippen LogP contribution in [0.15, 0.2) is 24.3 Å². The smallest absolute Gasteiger partial charge is 0.123 e. The lowest BCUT2D eigenvalue weighted by atomic mass is 10.0. The van der Waals surface area contributed by atoms with Gasteiger partial charge in [0.1, 0.15) is 5.82 Å². The van der Waals surface area contributed by atoms with Crippen molar-refractivity contribution >= 4 is 0 Å². The fraction of sp³-hybridized carbons (Fsp3) is 0.571. The molecule has 2 rings (SSSR count). The van der Waals surface area contributed by atoms with Crippen LogP contribution in [0.5, 0.6) is 0 Å². The van der Waals surface area contributed by atoms with Crippen molar-refractivity contribution in [2.24, 2.45) is 5.73 Å². The molecule has 3 N–H and O–H groups in total. The van der Waals surface area contributed by atoms with Gasteiger partial charge in [0.2, 0.25) is 0 Å². The molecule has 0 bridgehead atoms. The summed E-state index contributed by atoms with van der Waals surface area (Å²) < 4.78 is 18.9. The topological polar surface area (TPSA) is 58.7 Å². The van der Waals surface area contributed by atoms with Gasteiger partial charge in [-0.3, -0.25) is 4.90 Å². The molecule has 1 fully saturated rings. The molecule has 1 aliphatic heterocycles. The average molecular weight is 268 g/mol. The van der Waals surface area contributed by atoms with Crippen molar-refractivity contribution in [3.05, 3.63) is 35.6 Å². The predicted octanol–water partition coefficient (Wildman–Crippen LogP) is 0.907. The van der Waals surface area contributed by atoms with Gasteiger partial charge in [0.25, 0.3) is 0 Å². The minimum absolute atomic E-state index is 0.0103. The Morgan fingerprint density at radius 1 is 1.58 bits per heavy atom. The summed E-state index contributed by atoms with van der Waals surface area (Å²) in [5, 5.41) is 9.22. The molecular formula is C14H21FN2O2. The molecule has 3 unspecified atom stereocenters. The minimum atomic E-state index is -0.254. The van der Waals surface area contributed by atoms with E-state index in [4.69, 9.17) is 10.5 Å². The summed E-state index contributed by atoms with van der Waals surface area (Å²) in [6, 6.07) is 6.67. The third-order valence-electron chi connectivity index (χ3n) is 3.61. The first-order valence-corrected chi connectivity index (χ1v) is 6.59. The highest BCUT2D eigenvalue weighted by Gasteiger charge is 2.31. The minimum Gasteiger partial charge on any atom is -0.394 e. The quantitative estimate of drug-likeness (QED) is 0.852. The molecule has 19 heavy (non-hydrogen) atoms. The first kappa shape index (κ1) is 14.4. The van der Waals surface area contributed by atoms with E-state index in [2.05, 4.69) is 11.8 Å². The Morgan fingerprint density at radius 3 is 3.00 bits per heavy atom. The lowest BCUT2D eigenvalue weighted by Crippen LogP contribution is -2.52. The van der Waals surface area contributed by atoms with Crippen molar-refractivity contribution in [2.75, 3.05) is 26.3 Å². The van der Waals surface area contributed by atoms with Crippen LogP contribution in [0, 0.1) is 5.82 Å². The van der Waals surface area contributed by atoms with E-state index in [1.807, 2.05) is 6.07 Å². The van der Waals surface area contributed by atoms with E-state index in [9.17, 15) is 9.50 Å². The summed E-state index contributed by atoms with van der Waals surface area (Å²) in [7, 11) is 0. The van der Waals surface area contributed by atoms with Gasteiger partial charge >= 0.3 is 0 Å². The summed E-state index contributed by atoms with van der Waals surface area (Å²) in [6.07, 6.45) is -0.196. The van der Waals surface area contributed by atoms with Crippen LogP contribution >= 0.6 is 0 Å². The van der Waals surface area contributed by atoms with Gasteiger partial charge in [-0.25, -0.2) is 4.39 Å². The number of hydrogen-bond donors (Lipinski definition) is 2. The van der Waals surface area contributed by atoms with Crippen LogP contribution in [0.2, 0.25) is 0 Å². The largest absolute Gasteiger partial charge is 0.394 e. The van der Waals surface area contributed by atoms with E-state index < -0.39 is 0 Å². The SMILES string of the molecule is CC1COC(CO)CN1C(CN)c1cccc(F)c1. The normalized spacial score (nSPS) is 26.3. The molecule has 3 atom stereocenters. The molecule has 0 radical (unpaired) electrons. The van der Waals surface area contributed by atoms with E-state index in [1.54, 1.807) is 6.07 Å². The number of nitrogens with two attached hydrogens (primary N) is 1. The highest BCUT2D eigenvalue weighted by Crippen LogP contribution is 2.26. The van der Waals surface area contributed by atoms with Gasteiger partial charge in [-0.2, -0.15) is 0 Å². The van der Waals surface area contributed by atoms with Crippen LogP contribution in [-0.4, -0.2) is 48.5 Å². The first-order valence-electron chi connectivity index (χ1n) is 6.59. The van der Waals surface area contributed by atoms with Crippen molar-refractivity contribution in [1.82, 2.24) is 4.90 Å². The van der Waals surface area contributed by atoms with E-state index in [0.717, 1.165) is 5.56 Å². The molecule has 1 heterocycles. The number of benzene rings is 1. The van der Waals surface area contributed by atoms with Crippen LogP contribution in [0.25, 0.3) is 0 Å². The lowest BCUT2D eigenvalue weighted by molar-refractivity contribution is -0.0907. The van der Waals surface area contributed by atoms with E-state index in [-0.39, 0.29) is 30.6 Å². The number of rotatable bonds is 4. The maximum atomic E-state index is 13.3. The second-order valence-electron chi connectivity index (χ2n) is 4.99. The average Bonchev–Trinajstić information content (AvgIpc) is 2.42. The van der Waals surface area contributed by atoms with E-state index in [0.29, 0.717) is 19.7 Å². The van der Waals surface area contributed by atoms with Crippen LogP contribution in [0.4, 0.5) is 4.39 Å². The number of hydrogen-bond acceptors (Lipinski definition) is 4. The Hall–Kier alpha value is -1.01. The number of morpholine rings is 1. The van der Waals surface area contributed by atoms with E-state index in [1.165, 1.54) is 12.1 Å². The van der Waals surface area contributed by atoms with Gasteiger partial charge in [0, 0.05) is 25.2 Å². The maximum Gasteiger partial charge on any atom is 0.123 e. The summed E-state index contributed by atoms with van der Waals surface area (Å²) in [5.74, 6) is -0.254. The lowest BCUT2D eigenvalue weighted by Gasteiger charge is -2.42. The third-order valence-corrected chi connectivity index (χ3v) is 3.61. The molecule has 1 aromatic carbocycles. The second kappa shape index (κ2) is 6.43.